The van der Waals surface area contributed by atoms with Crippen LogP contribution in [0.25, 0.3) is 0 Å². The van der Waals surface area contributed by atoms with Gasteiger partial charge in [-0.15, -0.1) is 0 Å². The highest BCUT2D eigenvalue weighted by atomic mass is 16.5. The summed E-state index contributed by atoms with van der Waals surface area (Å²) in [5.41, 5.74) is 0.924. The zero-order valence-corrected chi connectivity index (χ0v) is 9.39. The number of hydrogen-bond donors (Lipinski definition) is 0. The van der Waals surface area contributed by atoms with Crippen LogP contribution in [0.5, 0.6) is 0 Å². The summed E-state index contributed by atoms with van der Waals surface area (Å²) in [5.74, 6) is 0. The van der Waals surface area contributed by atoms with E-state index in [1.165, 1.54) is 5.56 Å². The van der Waals surface area contributed by atoms with Gasteiger partial charge in [0.05, 0.1) is 19.3 Å². The minimum atomic E-state index is -0.290. The molecule has 0 spiro atoms. The van der Waals surface area contributed by atoms with E-state index in [-0.39, 0.29) is 5.41 Å². The van der Waals surface area contributed by atoms with Crippen LogP contribution in [0.1, 0.15) is 5.56 Å². The van der Waals surface area contributed by atoms with Crippen molar-refractivity contribution in [1.82, 2.24) is 9.88 Å². The molecular weight excluding hydrogens is 202 g/mol. The molecule has 0 N–H and O–H groups in total. The van der Waals surface area contributed by atoms with Crippen molar-refractivity contribution in [1.29, 1.82) is 5.26 Å². The maximum absolute atomic E-state index is 9.08. The molecule has 2 heterocycles. The van der Waals surface area contributed by atoms with Gasteiger partial charge in [0, 0.05) is 25.5 Å². The first-order chi connectivity index (χ1) is 7.74. The maximum atomic E-state index is 9.08. The maximum Gasteiger partial charge on any atom is 0.116 e. The molecule has 1 fully saturated rings. The molecule has 1 saturated heterocycles. The highest BCUT2D eigenvalue weighted by molar-refractivity contribution is 5.10. The number of hydrogen-bond acceptors (Lipinski definition) is 4. The first-order valence-corrected chi connectivity index (χ1v) is 5.31. The van der Waals surface area contributed by atoms with Gasteiger partial charge in [0.2, 0.25) is 0 Å². The fraction of sp³-hybridized carbons (Fsp3) is 0.500. The smallest absolute Gasteiger partial charge is 0.116 e. The summed E-state index contributed by atoms with van der Waals surface area (Å²) in [6.07, 6.45) is 3.57. The zero-order valence-electron chi connectivity index (χ0n) is 9.39. The second-order valence-corrected chi connectivity index (χ2v) is 4.41. The SMILES string of the molecule is CN(Cc1ccncc1)CC1(C#N)COC1. The van der Waals surface area contributed by atoms with Crippen molar-refractivity contribution in [2.75, 3.05) is 26.8 Å². The standard InChI is InChI=1S/C12H15N3O/c1-15(6-11-2-4-14-5-3-11)8-12(7-13)9-16-10-12/h2-5H,6,8-10H2,1H3. The van der Waals surface area contributed by atoms with E-state index in [0.29, 0.717) is 13.2 Å². The molecule has 0 bridgehead atoms. The average Bonchev–Trinajstić information content (AvgIpc) is 2.25. The van der Waals surface area contributed by atoms with Crippen LogP contribution in [-0.2, 0) is 11.3 Å². The van der Waals surface area contributed by atoms with Crippen molar-refractivity contribution < 1.29 is 4.74 Å². The number of nitriles is 1. The lowest BCUT2D eigenvalue weighted by Gasteiger charge is -2.37. The Hall–Kier alpha value is -1.44. The lowest BCUT2D eigenvalue weighted by molar-refractivity contribution is -0.0895. The van der Waals surface area contributed by atoms with Crippen LogP contribution >= 0.6 is 0 Å². The van der Waals surface area contributed by atoms with Gasteiger partial charge in [-0.1, -0.05) is 0 Å². The van der Waals surface area contributed by atoms with Crippen LogP contribution in [0, 0.1) is 16.7 Å². The summed E-state index contributed by atoms with van der Waals surface area (Å²) in [6, 6.07) is 6.34. The van der Waals surface area contributed by atoms with Crippen LogP contribution in [0.4, 0.5) is 0 Å². The highest BCUT2D eigenvalue weighted by Gasteiger charge is 2.39. The molecule has 0 atom stereocenters. The molecule has 0 aromatic carbocycles. The molecule has 0 saturated carbocycles. The summed E-state index contributed by atoms with van der Waals surface area (Å²) in [6.45, 7) is 2.71. The predicted molar refractivity (Wildman–Crippen MR) is 59.4 cm³/mol. The zero-order chi connectivity index (χ0) is 11.4. The first kappa shape index (κ1) is 11.1. The van der Waals surface area contributed by atoms with Crippen molar-refractivity contribution in [2.24, 2.45) is 5.41 Å². The number of nitrogens with zero attached hydrogens (tertiary/aromatic N) is 3. The minimum Gasteiger partial charge on any atom is -0.378 e. The topological polar surface area (TPSA) is 49.2 Å². The van der Waals surface area contributed by atoms with E-state index in [1.807, 2.05) is 19.2 Å². The lowest BCUT2D eigenvalue weighted by Crippen LogP contribution is -2.48. The minimum absolute atomic E-state index is 0.290. The van der Waals surface area contributed by atoms with Crippen molar-refractivity contribution in [3.63, 3.8) is 0 Å². The van der Waals surface area contributed by atoms with Gasteiger partial charge in [0.1, 0.15) is 5.41 Å². The van der Waals surface area contributed by atoms with Gasteiger partial charge in [-0.05, 0) is 24.7 Å². The Morgan fingerprint density at radius 1 is 1.50 bits per heavy atom. The molecule has 84 valence electrons. The van der Waals surface area contributed by atoms with Gasteiger partial charge in [-0.25, -0.2) is 0 Å². The molecule has 1 aliphatic rings. The number of pyridine rings is 1. The van der Waals surface area contributed by atoms with E-state index in [4.69, 9.17) is 10.00 Å². The van der Waals surface area contributed by atoms with Crippen LogP contribution in [-0.4, -0.2) is 36.7 Å². The molecule has 4 heteroatoms. The second kappa shape index (κ2) is 4.60. The van der Waals surface area contributed by atoms with Gasteiger partial charge >= 0.3 is 0 Å². The van der Waals surface area contributed by atoms with E-state index in [1.54, 1.807) is 12.4 Å². The molecule has 16 heavy (non-hydrogen) atoms. The Morgan fingerprint density at radius 2 is 2.19 bits per heavy atom. The quantitative estimate of drug-likeness (QED) is 0.756. The van der Waals surface area contributed by atoms with E-state index < -0.39 is 0 Å². The Morgan fingerprint density at radius 3 is 2.69 bits per heavy atom. The monoisotopic (exact) mass is 217 g/mol. The summed E-state index contributed by atoms with van der Waals surface area (Å²) in [7, 11) is 2.03. The lowest BCUT2D eigenvalue weighted by atomic mass is 9.87. The van der Waals surface area contributed by atoms with Gasteiger partial charge in [-0.2, -0.15) is 5.26 Å². The Bertz CT molecular complexity index is 381. The summed E-state index contributed by atoms with van der Waals surface area (Å²) >= 11 is 0. The second-order valence-electron chi connectivity index (χ2n) is 4.41. The van der Waals surface area contributed by atoms with Crippen LogP contribution < -0.4 is 0 Å². The third-order valence-electron chi connectivity index (χ3n) is 2.77. The molecule has 1 aliphatic heterocycles. The largest absolute Gasteiger partial charge is 0.378 e. The van der Waals surface area contributed by atoms with Gasteiger partial charge in [0.15, 0.2) is 0 Å². The molecule has 0 amide bonds. The summed E-state index contributed by atoms with van der Waals surface area (Å²) in [4.78, 5) is 6.13. The number of rotatable bonds is 4. The Kier molecular flexibility index (Phi) is 3.18. The molecule has 2 rings (SSSR count). The fourth-order valence-electron chi connectivity index (χ4n) is 1.91. The third kappa shape index (κ3) is 2.38. The average molecular weight is 217 g/mol. The van der Waals surface area contributed by atoms with Crippen LogP contribution in [0.15, 0.2) is 24.5 Å². The molecule has 4 nitrogen and oxygen atoms in total. The Balaban J connectivity index is 1.90. The molecule has 0 radical (unpaired) electrons. The fourth-order valence-corrected chi connectivity index (χ4v) is 1.91. The van der Waals surface area contributed by atoms with E-state index >= 15 is 0 Å². The molecule has 0 unspecified atom stereocenters. The van der Waals surface area contributed by atoms with Crippen molar-refractivity contribution >= 4 is 0 Å². The normalized spacial score (nSPS) is 17.8. The molecule has 1 aromatic heterocycles. The third-order valence-corrected chi connectivity index (χ3v) is 2.77. The summed E-state index contributed by atoms with van der Waals surface area (Å²) < 4.78 is 5.12. The molecule has 0 aliphatic carbocycles. The van der Waals surface area contributed by atoms with E-state index in [9.17, 15) is 0 Å². The van der Waals surface area contributed by atoms with Gasteiger partial charge in [-0.3, -0.25) is 4.98 Å². The molecule has 1 aromatic rings. The highest BCUT2D eigenvalue weighted by Crippen LogP contribution is 2.27. The first-order valence-electron chi connectivity index (χ1n) is 5.31. The summed E-state index contributed by atoms with van der Waals surface area (Å²) in [5, 5.41) is 9.08. The van der Waals surface area contributed by atoms with Gasteiger partial charge < -0.3 is 9.64 Å². The van der Waals surface area contributed by atoms with Crippen molar-refractivity contribution in [3.8, 4) is 6.07 Å². The van der Waals surface area contributed by atoms with E-state index in [2.05, 4.69) is 16.0 Å². The van der Waals surface area contributed by atoms with Crippen molar-refractivity contribution in [2.45, 2.75) is 6.54 Å². The van der Waals surface area contributed by atoms with Crippen molar-refractivity contribution in [3.05, 3.63) is 30.1 Å². The van der Waals surface area contributed by atoms with Gasteiger partial charge in [0.25, 0.3) is 0 Å². The molecular formula is C12H15N3O. The van der Waals surface area contributed by atoms with E-state index in [0.717, 1.165) is 13.1 Å². The van der Waals surface area contributed by atoms with Crippen LogP contribution in [0.2, 0.25) is 0 Å². The van der Waals surface area contributed by atoms with Crippen LogP contribution in [0.3, 0.4) is 0 Å². The predicted octanol–water partition coefficient (Wildman–Crippen LogP) is 1.05. The Labute approximate surface area is 95.5 Å². The number of ether oxygens (including phenoxy) is 1. The number of aromatic nitrogens is 1.